The number of hydrogen-bond acceptors (Lipinski definition) is 1. The van der Waals surface area contributed by atoms with Crippen LogP contribution in [0.25, 0.3) is 11.1 Å². The van der Waals surface area contributed by atoms with Gasteiger partial charge in [0.2, 0.25) is 0 Å². The summed E-state index contributed by atoms with van der Waals surface area (Å²) in [5.74, 6) is -1.66. The van der Waals surface area contributed by atoms with E-state index in [4.69, 9.17) is 8.22 Å². The molecule has 1 heterocycles. The third-order valence-corrected chi connectivity index (χ3v) is 16.7. The molecule has 2 saturated carbocycles. The number of hydrogen-bond donors (Lipinski definition) is 0. The number of benzene rings is 5. The summed E-state index contributed by atoms with van der Waals surface area (Å²) in [5.41, 5.74) is 4.84. The molecule has 0 nitrogen and oxygen atoms in total. The predicted molar refractivity (Wildman–Crippen MR) is 222 cm³/mol. The lowest BCUT2D eigenvalue weighted by atomic mass is 9.69. The van der Waals surface area contributed by atoms with Crippen molar-refractivity contribution in [2.75, 3.05) is 0 Å². The Kier molecular flexibility index (Phi) is 5.67. The van der Waals surface area contributed by atoms with Crippen LogP contribution in [0.1, 0.15) is 150 Å². The first kappa shape index (κ1) is 23.4. The maximum atomic E-state index is 9.96. The quantitative estimate of drug-likeness (QED) is 0.163. The van der Waals surface area contributed by atoms with Crippen LogP contribution in [0.4, 0.5) is 0 Å². The zero-order valence-electron chi connectivity index (χ0n) is 41.0. The van der Waals surface area contributed by atoms with Crippen molar-refractivity contribution < 1.29 is 15.1 Å². The van der Waals surface area contributed by atoms with Gasteiger partial charge in [-0.15, -0.1) is 0 Å². The molecule has 3 aliphatic carbocycles. The summed E-state index contributed by atoms with van der Waals surface area (Å²) in [6, 6.07) is 30.8. The van der Waals surface area contributed by atoms with Crippen molar-refractivity contribution >= 4 is 30.2 Å². The second-order valence-corrected chi connectivity index (χ2v) is 20.3. The van der Waals surface area contributed by atoms with E-state index in [2.05, 4.69) is 0 Å². The Hall–Kier alpha value is -3.33. The lowest BCUT2D eigenvalue weighted by Crippen LogP contribution is -2.55. The highest BCUT2D eigenvalue weighted by atomic mass is 32.2. The highest BCUT2D eigenvalue weighted by molar-refractivity contribution is 7.99. The van der Waals surface area contributed by atoms with Crippen LogP contribution >= 0.6 is 11.8 Å². The average molecular weight is 714 g/mol. The monoisotopic (exact) mass is 713 g/mol. The summed E-state index contributed by atoms with van der Waals surface area (Å²) in [6.07, 6.45) is 7.00. The van der Waals surface area contributed by atoms with Crippen molar-refractivity contribution in [1.29, 1.82) is 0 Å². The molecule has 4 aliphatic rings. The first-order chi connectivity index (χ1) is 29.0. The van der Waals surface area contributed by atoms with Gasteiger partial charge >= 0.3 is 0 Å². The summed E-state index contributed by atoms with van der Waals surface area (Å²) in [4.78, 5) is 1.58. The molecule has 0 N–H and O–H groups in total. The van der Waals surface area contributed by atoms with Gasteiger partial charge in [-0.2, -0.15) is 0 Å². The first-order valence-electron chi connectivity index (χ1n) is 24.3. The molecule has 0 radical (unpaired) electrons. The molecule has 3 unspecified atom stereocenters. The zero-order valence-corrected chi connectivity index (χ0v) is 31.8. The van der Waals surface area contributed by atoms with Gasteiger partial charge in [-0.25, -0.2) is 0 Å². The van der Waals surface area contributed by atoms with Crippen molar-refractivity contribution in [1.82, 2.24) is 0 Å². The summed E-state index contributed by atoms with van der Waals surface area (Å²) in [7, 11) is -3.79. The molecule has 0 bridgehead atoms. The minimum Gasteiger partial charge on any atom is -0.0888 e. The number of fused-ring (bicyclic) bond motifs is 4. The van der Waals surface area contributed by atoms with Crippen molar-refractivity contribution in [2.24, 2.45) is 0 Å². The molecule has 0 aromatic heterocycles. The molecule has 0 spiro atoms. The molecular formula is C49H54SSi. The summed E-state index contributed by atoms with van der Waals surface area (Å²) in [6.45, 7) is -1.87. The minimum atomic E-state index is -3.79. The lowest BCUT2D eigenvalue weighted by molar-refractivity contribution is 0.603. The van der Waals surface area contributed by atoms with Crippen LogP contribution in [-0.4, -0.2) is 8.07 Å². The molecule has 3 atom stereocenters. The van der Waals surface area contributed by atoms with E-state index in [1.807, 2.05) is 104 Å². The Labute approximate surface area is 328 Å². The average Bonchev–Trinajstić information content (AvgIpc) is 3.88. The van der Waals surface area contributed by atoms with Crippen molar-refractivity contribution in [3.8, 4) is 11.1 Å². The molecule has 0 amide bonds. The standard InChI is InChI=1S/C49H54SSi/c1-48(2)40-22-12-11-19-35(40)30-39-41(48)23-14-24-45(39)51(5,6)37-21-13-20-36(29-37)46-38(33-17-9-10-18-33)26-28-43-47(46)50-44-31-34(32-15-7-8-16-32)25-27-42(44)49(43,3)4/h11-14,19-29,31-33H,7-10,15-18,30H2,1-6H3/i1D3,3D3,5D3,32D,33D. The molecule has 2 heteroatoms. The largest absolute Gasteiger partial charge is 0.112 e. The maximum absolute atomic E-state index is 9.96. The summed E-state index contributed by atoms with van der Waals surface area (Å²) in [5, 5.41) is 1.34. The van der Waals surface area contributed by atoms with Crippen molar-refractivity contribution in [2.45, 2.75) is 131 Å². The second kappa shape index (κ2) is 12.4. The van der Waals surface area contributed by atoms with Gasteiger partial charge in [0.1, 0.15) is 8.07 Å². The molecule has 1 aliphatic heterocycles. The third kappa shape index (κ3) is 5.37. The topological polar surface area (TPSA) is 0 Å². The Bertz CT molecular complexity index is 2600. The van der Waals surface area contributed by atoms with Gasteiger partial charge in [-0.1, -0.05) is 179 Å². The molecular weight excluding hydrogens is 649 g/mol. The third-order valence-electron chi connectivity index (χ3n) is 12.5. The smallest absolute Gasteiger partial charge is 0.0888 e. The van der Waals surface area contributed by atoms with Gasteiger partial charge in [-0.3, -0.25) is 0 Å². The summed E-state index contributed by atoms with van der Waals surface area (Å²) < 4.78 is 101. The van der Waals surface area contributed by atoms with Gasteiger partial charge in [-0.05, 0) is 106 Å². The fourth-order valence-corrected chi connectivity index (χ4v) is 13.6. The Balaban J connectivity index is 1.29. The van der Waals surface area contributed by atoms with Gasteiger partial charge in [0.05, 0.1) is 0 Å². The Morgan fingerprint density at radius 2 is 1.41 bits per heavy atom. The SMILES string of the molecule is [2H]C1(c2ccc3c(c2)Sc2c(ccc(C4([2H])CCCC4)c2-c2cccc([Si](C)(c4cccc5c4Cc4ccccc4C5(C)C([2H])([2H])[2H])C([2H])([2H])[2H])c2)C3(C)C([2H])([2H])[2H])CCCC1. The first-order valence-corrected chi connectivity index (χ1v) is 22.1. The molecule has 51 heavy (non-hydrogen) atoms. The highest BCUT2D eigenvalue weighted by Gasteiger charge is 2.39. The van der Waals surface area contributed by atoms with E-state index < -0.39 is 50.9 Å². The molecule has 9 rings (SSSR count). The fourth-order valence-electron chi connectivity index (χ4n) is 9.67. The van der Waals surface area contributed by atoms with Crippen LogP contribution in [0.5, 0.6) is 0 Å². The van der Waals surface area contributed by atoms with Crippen LogP contribution in [0.2, 0.25) is 13.0 Å². The van der Waals surface area contributed by atoms with E-state index in [0.29, 0.717) is 46.3 Å². The van der Waals surface area contributed by atoms with E-state index in [1.165, 1.54) is 11.8 Å². The predicted octanol–water partition coefficient (Wildman–Crippen LogP) is 12.5. The Morgan fingerprint density at radius 1 is 0.706 bits per heavy atom. The van der Waals surface area contributed by atoms with Crippen molar-refractivity contribution in [3.05, 3.63) is 142 Å². The maximum Gasteiger partial charge on any atom is 0.112 e. The highest BCUT2D eigenvalue weighted by Crippen LogP contribution is 2.55. The molecule has 260 valence electrons. The van der Waals surface area contributed by atoms with Crippen LogP contribution in [0.15, 0.2) is 107 Å². The van der Waals surface area contributed by atoms with Gasteiger partial charge < -0.3 is 0 Å². The van der Waals surface area contributed by atoms with Crippen LogP contribution < -0.4 is 10.4 Å². The normalized spacial score (nSPS) is 29.2. The van der Waals surface area contributed by atoms with E-state index in [9.17, 15) is 6.85 Å². The second-order valence-electron chi connectivity index (χ2n) is 15.9. The zero-order chi connectivity index (χ0) is 44.5. The fraction of sp³-hybridized carbons (Fsp3) is 0.388. The van der Waals surface area contributed by atoms with E-state index in [-0.39, 0.29) is 0 Å². The van der Waals surface area contributed by atoms with E-state index >= 15 is 0 Å². The van der Waals surface area contributed by atoms with Crippen LogP contribution in [0, 0.1) is 0 Å². The van der Waals surface area contributed by atoms with Crippen LogP contribution in [0.3, 0.4) is 0 Å². The molecule has 5 aromatic rings. The van der Waals surface area contributed by atoms with Crippen molar-refractivity contribution in [3.63, 3.8) is 0 Å². The van der Waals surface area contributed by atoms with Gasteiger partial charge in [0.25, 0.3) is 0 Å². The lowest BCUT2D eigenvalue weighted by Gasteiger charge is -2.39. The molecule has 2 fully saturated rings. The Morgan fingerprint density at radius 3 is 2.20 bits per heavy atom. The molecule has 5 aromatic carbocycles. The van der Waals surface area contributed by atoms with Gasteiger partial charge in [0.15, 0.2) is 0 Å². The van der Waals surface area contributed by atoms with Crippen LogP contribution in [-0.2, 0) is 17.3 Å². The van der Waals surface area contributed by atoms with E-state index in [1.54, 1.807) is 13.8 Å². The van der Waals surface area contributed by atoms with E-state index in [0.717, 1.165) is 87.3 Å². The van der Waals surface area contributed by atoms with Gasteiger partial charge in [0, 0.05) is 35.7 Å². The number of rotatable bonds is 5. The minimum absolute atomic E-state index is 0.411. The summed E-state index contributed by atoms with van der Waals surface area (Å²) >= 11 is 1.53. The molecule has 0 saturated heterocycles.